The van der Waals surface area contributed by atoms with Gasteiger partial charge in [0.2, 0.25) is 5.91 Å². The first-order valence-electron chi connectivity index (χ1n) is 9.46. The molecule has 29 heavy (non-hydrogen) atoms. The van der Waals surface area contributed by atoms with Crippen LogP contribution in [0.15, 0.2) is 46.6 Å². The highest BCUT2D eigenvalue weighted by atomic mass is 32.1. The number of rotatable bonds is 6. The van der Waals surface area contributed by atoms with Crippen molar-refractivity contribution in [2.75, 3.05) is 13.1 Å². The quantitative estimate of drug-likeness (QED) is 0.581. The number of aryl methyl sites for hydroxylation is 1. The molecule has 0 spiro atoms. The third-order valence-electron chi connectivity index (χ3n) is 5.05. The van der Waals surface area contributed by atoms with Gasteiger partial charge in [0, 0.05) is 36.7 Å². The summed E-state index contributed by atoms with van der Waals surface area (Å²) in [6, 6.07) is 11.3. The predicted molar refractivity (Wildman–Crippen MR) is 109 cm³/mol. The number of benzene rings is 1. The van der Waals surface area contributed by atoms with E-state index >= 15 is 0 Å². The van der Waals surface area contributed by atoms with E-state index in [1.54, 1.807) is 4.90 Å². The van der Waals surface area contributed by atoms with Gasteiger partial charge in [-0.05, 0) is 18.9 Å². The first kappa shape index (κ1) is 19.3. The van der Waals surface area contributed by atoms with E-state index in [-0.39, 0.29) is 24.5 Å². The van der Waals surface area contributed by atoms with Crippen LogP contribution >= 0.6 is 11.3 Å². The van der Waals surface area contributed by atoms with Gasteiger partial charge in [-0.3, -0.25) is 18.8 Å². The van der Waals surface area contributed by atoms with Gasteiger partial charge in [0.1, 0.15) is 6.61 Å². The Kier molecular flexibility index (Phi) is 5.44. The van der Waals surface area contributed by atoms with Crippen molar-refractivity contribution in [3.63, 3.8) is 0 Å². The molecule has 7 nitrogen and oxygen atoms in total. The number of aromatic nitrogens is 2. The summed E-state index contributed by atoms with van der Waals surface area (Å²) >= 11 is 1.37. The lowest BCUT2D eigenvalue weighted by Gasteiger charge is -2.16. The number of carbonyl (C=O) groups excluding carboxylic acids is 2. The molecule has 1 fully saturated rings. The molecule has 0 radical (unpaired) electrons. The molecule has 0 bridgehead atoms. The van der Waals surface area contributed by atoms with Gasteiger partial charge < -0.3 is 9.64 Å². The molecule has 1 aliphatic heterocycles. The summed E-state index contributed by atoms with van der Waals surface area (Å²) in [5.41, 5.74) is 2.20. The topological polar surface area (TPSA) is 81.0 Å². The molecule has 1 aromatic carbocycles. The molecule has 0 N–H and O–H groups in total. The Morgan fingerprint density at radius 1 is 1.28 bits per heavy atom. The molecular formula is C21H21N3O4S. The number of fused-ring (bicyclic) bond motifs is 1. The number of carbonyl (C=O) groups is 2. The monoisotopic (exact) mass is 411 g/mol. The number of likely N-dealkylation sites (tertiary alicyclic amines) is 1. The lowest BCUT2D eigenvalue weighted by Crippen LogP contribution is -2.29. The highest BCUT2D eigenvalue weighted by Gasteiger charge is 2.35. The predicted octanol–water partition coefficient (Wildman–Crippen LogP) is 2.20. The Morgan fingerprint density at radius 2 is 2.07 bits per heavy atom. The Labute approximate surface area is 171 Å². The molecule has 1 aliphatic rings. The average molecular weight is 411 g/mol. The van der Waals surface area contributed by atoms with E-state index in [1.165, 1.54) is 21.8 Å². The van der Waals surface area contributed by atoms with Gasteiger partial charge >= 0.3 is 5.97 Å². The van der Waals surface area contributed by atoms with Gasteiger partial charge in [-0.15, -0.1) is 11.3 Å². The van der Waals surface area contributed by atoms with E-state index in [9.17, 15) is 14.4 Å². The van der Waals surface area contributed by atoms with Gasteiger partial charge in [0.05, 0.1) is 11.6 Å². The van der Waals surface area contributed by atoms with Crippen LogP contribution in [-0.2, 0) is 27.4 Å². The van der Waals surface area contributed by atoms with Crippen molar-refractivity contribution in [3.8, 4) is 0 Å². The maximum absolute atomic E-state index is 12.4. The SMILES string of the molecule is Cc1csc2nc(COC(=O)[C@H]3CC(=O)N(CCc4ccccc4)C3)cc(=O)n12. The minimum absolute atomic E-state index is 0.0327. The number of ether oxygens (including phenoxy) is 1. The van der Waals surface area contributed by atoms with E-state index in [0.717, 1.165) is 17.7 Å². The van der Waals surface area contributed by atoms with Gasteiger partial charge in [0.15, 0.2) is 4.96 Å². The number of thiazole rings is 1. The standard InChI is InChI=1S/C21H21N3O4S/c1-14-13-29-21-22-17(10-19(26)24(14)21)12-28-20(27)16-9-18(25)23(11-16)8-7-15-5-3-2-4-6-15/h2-6,10,13,16H,7-9,11-12H2,1H3/t16-/m0/s1. The van der Waals surface area contributed by atoms with Gasteiger partial charge in [0.25, 0.3) is 5.56 Å². The molecule has 2 aromatic heterocycles. The van der Waals surface area contributed by atoms with Crippen LogP contribution in [0.4, 0.5) is 0 Å². The lowest BCUT2D eigenvalue weighted by atomic mass is 10.1. The van der Waals surface area contributed by atoms with Crippen molar-refractivity contribution in [3.05, 3.63) is 69.1 Å². The zero-order valence-electron chi connectivity index (χ0n) is 16.0. The van der Waals surface area contributed by atoms with Crippen molar-refractivity contribution < 1.29 is 14.3 Å². The first-order chi connectivity index (χ1) is 14.0. The molecule has 1 atom stereocenters. The van der Waals surface area contributed by atoms with E-state index in [0.29, 0.717) is 23.7 Å². The van der Waals surface area contributed by atoms with E-state index < -0.39 is 11.9 Å². The molecule has 0 unspecified atom stereocenters. The van der Waals surface area contributed by atoms with Crippen LogP contribution in [0.25, 0.3) is 4.96 Å². The molecular weight excluding hydrogens is 390 g/mol. The summed E-state index contributed by atoms with van der Waals surface area (Å²) in [6.07, 6.45) is 0.912. The number of hydrogen-bond donors (Lipinski definition) is 0. The third-order valence-corrected chi connectivity index (χ3v) is 6.00. The van der Waals surface area contributed by atoms with Crippen LogP contribution < -0.4 is 5.56 Å². The summed E-state index contributed by atoms with van der Waals surface area (Å²) in [5, 5.41) is 1.85. The maximum atomic E-state index is 12.4. The third kappa shape index (κ3) is 4.22. The summed E-state index contributed by atoms with van der Waals surface area (Å²) < 4.78 is 6.88. The van der Waals surface area contributed by atoms with Crippen molar-refractivity contribution in [1.29, 1.82) is 0 Å². The van der Waals surface area contributed by atoms with Crippen molar-refractivity contribution >= 4 is 28.2 Å². The summed E-state index contributed by atoms with van der Waals surface area (Å²) in [7, 11) is 0. The Balaban J connectivity index is 1.33. The Hall–Kier alpha value is -3.00. The number of nitrogens with zero attached hydrogens (tertiary/aromatic N) is 3. The number of amides is 1. The van der Waals surface area contributed by atoms with Crippen LogP contribution in [0, 0.1) is 12.8 Å². The van der Waals surface area contributed by atoms with Crippen molar-refractivity contribution in [2.24, 2.45) is 5.92 Å². The highest BCUT2D eigenvalue weighted by Crippen LogP contribution is 2.20. The second-order valence-corrected chi connectivity index (χ2v) is 8.00. The molecule has 0 saturated carbocycles. The average Bonchev–Trinajstić information content (AvgIpc) is 3.28. The summed E-state index contributed by atoms with van der Waals surface area (Å²) in [6.45, 7) is 2.71. The fraction of sp³-hybridized carbons (Fsp3) is 0.333. The lowest BCUT2D eigenvalue weighted by molar-refractivity contribution is -0.149. The van der Waals surface area contributed by atoms with Gasteiger partial charge in [-0.25, -0.2) is 4.98 Å². The normalized spacial score (nSPS) is 16.5. The zero-order chi connectivity index (χ0) is 20.4. The minimum Gasteiger partial charge on any atom is -0.459 e. The molecule has 0 aliphatic carbocycles. The second-order valence-electron chi connectivity index (χ2n) is 7.16. The van der Waals surface area contributed by atoms with Crippen LogP contribution in [0.5, 0.6) is 0 Å². The summed E-state index contributed by atoms with van der Waals surface area (Å²) in [4.78, 5) is 43.5. The van der Waals surface area contributed by atoms with Gasteiger partial charge in [-0.1, -0.05) is 30.3 Å². The minimum atomic E-state index is -0.480. The summed E-state index contributed by atoms with van der Waals surface area (Å²) in [5.74, 6) is -0.938. The Bertz CT molecular complexity index is 1110. The van der Waals surface area contributed by atoms with Crippen LogP contribution in [0.3, 0.4) is 0 Å². The smallest absolute Gasteiger partial charge is 0.311 e. The molecule has 3 heterocycles. The first-order valence-corrected chi connectivity index (χ1v) is 10.3. The number of esters is 1. The molecule has 150 valence electrons. The van der Waals surface area contributed by atoms with E-state index in [1.807, 2.05) is 42.6 Å². The van der Waals surface area contributed by atoms with E-state index in [4.69, 9.17) is 4.74 Å². The van der Waals surface area contributed by atoms with Crippen LogP contribution in [0.2, 0.25) is 0 Å². The molecule has 3 aromatic rings. The second kappa shape index (κ2) is 8.16. The van der Waals surface area contributed by atoms with Crippen LogP contribution in [-0.4, -0.2) is 39.3 Å². The molecule has 1 amide bonds. The fourth-order valence-corrected chi connectivity index (χ4v) is 4.38. The fourth-order valence-electron chi connectivity index (χ4n) is 3.49. The Morgan fingerprint density at radius 3 is 2.86 bits per heavy atom. The zero-order valence-corrected chi connectivity index (χ0v) is 16.9. The number of hydrogen-bond acceptors (Lipinski definition) is 6. The molecule has 8 heteroatoms. The van der Waals surface area contributed by atoms with Crippen molar-refractivity contribution in [1.82, 2.24) is 14.3 Å². The highest BCUT2D eigenvalue weighted by molar-refractivity contribution is 7.15. The molecule has 4 rings (SSSR count). The van der Waals surface area contributed by atoms with Crippen molar-refractivity contribution in [2.45, 2.75) is 26.4 Å². The van der Waals surface area contributed by atoms with E-state index in [2.05, 4.69) is 4.98 Å². The largest absolute Gasteiger partial charge is 0.459 e. The van der Waals surface area contributed by atoms with Gasteiger partial charge in [-0.2, -0.15) is 0 Å². The maximum Gasteiger partial charge on any atom is 0.311 e. The van der Waals surface area contributed by atoms with Crippen LogP contribution in [0.1, 0.15) is 23.4 Å². The molecule has 1 saturated heterocycles.